The van der Waals surface area contributed by atoms with Crippen LogP contribution in [0.25, 0.3) is 0 Å². The standard InChI is InChI=1S/C16H26N6O/c1-12-17-15(20(2)3)19-16(18-12)22-10-6-13(7-11-22)14(23)21-8-4-5-9-21/h13H,4-11H2,1-3H3. The van der Waals surface area contributed by atoms with Crippen LogP contribution in [0.4, 0.5) is 11.9 Å². The number of nitrogens with zero attached hydrogens (tertiary/aromatic N) is 6. The largest absolute Gasteiger partial charge is 0.347 e. The third kappa shape index (κ3) is 3.54. The fourth-order valence-corrected chi connectivity index (χ4v) is 3.32. The molecule has 23 heavy (non-hydrogen) atoms. The van der Waals surface area contributed by atoms with E-state index in [2.05, 4.69) is 19.9 Å². The first kappa shape index (κ1) is 16.0. The Hall–Kier alpha value is -1.92. The number of hydrogen-bond acceptors (Lipinski definition) is 6. The Bertz CT molecular complexity index is 562. The molecule has 0 bridgehead atoms. The number of aryl methyl sites for hydroxylation is 1. The van der Waals surface area contributed by atoms with E-state index in [0.29, 0.717) is 11.9 Å². The monoisotopic (exact) mass is 318 g/mol. The van der Waals surface area contributed by atoms with Gasteiger partial charge >= 0.3 is 0 Å². The predicted molar refractivity (Wildman–Crippen MR) is 89.6 cm³/mol. The van der Waals surface area contributed by atoms with Gasteiger partial charge in [-0.2, -0.15) is 15.0 Å². The summed E-state index contributed by atoms with van der Waals surface area (Å²) in [6.07, 6.45) is 4.08. The smallest absolute Gasteiger partial charge is 0.230 e. The van der Waals surface area contributed by atoms with Gasteiger partial charge in [-0.05, 0) is 32.6 Å². The second-order valence-corrected chi connectivity index (χ2v) is 6.67. The number of rotatable bonds is 3. The van der Waals surface area contributed by atoms with Crippen LogP contribution in [0.1, 0.15) is 31.5 Å². The molecule has 2 fully saturated rings. The van der Waals surface area contributed by atoms with Crippen LogP contribution in [0.15, 0.2) is 0 Å². The zero-order chi connectivity index (χ0) is 16.4. The van der Waals surface area contributed by atoms with Gasteiger partial charge in [0.1, 0.15) is 5.82 Å². The highest BCUT2D eigenvalue weighted by atomic mass is 16.2. The van der Waals surface area contributed by atoms with E-state index < -0.39 is 0 Å². The molecular formula is C16H26N6O. The molecule has 0 unspecified atom stereocenters. The molecule has 0 N–H and O–H groups in total. The maximum atomic E-state index is 12.5. The second kappa shape index (κ2) is 6.68. The number of piperidine rings is 1. The quantitative estimate of drug-likeness (QED) is 0.831. The summed E-state index contributed by atoms with van der Waals surface area (Å²) < 4.78 is 0. The lowest BCUT2D eigenvalue weighted by Crippen LogP contribution is -2.42. The van der Waals surface area contributed by atoms with E-state index in [1.54, 1.807) is 0 Å². The number of anilines is 2. The molecule has 0 spiro atoms. The lowest BCUT2D eigenvalue weighted by atomic mass is 9.95. The number of hydrogen-bond donors (Lipinski definition) is 0. The minimum absolute atomic E-state index is 0.167. The van der Waals surface area contributed by atoms with Crippen LogP contribution in [0.5, 0.6) is 0 Å². The predicted octanol–water partition coefficient (Wildman–Crippen LogP) is 1.08. The number of amides is 1. The Labute approximate surface area is 137 Å². The molecule has 1 aromatic heterocycles. The van der Waals surface area contributed by atoms with Crippen molar-refractivity contribution in [1.29, 1.82) is 0 Å². The normalized spacial score (nSPS) is 19.3. The van der Waals surface area contributed by atoms with Crippen LogP contribution in [-0.2, 0) is 4.79 Å². The number of aromatic nitrogens is 3. The van der Waals surface area contributed by atoms with Crippen LogP contribution in [0.3, 0.4) is 0 Å². The third-order valence-corrected chi connectivity index (χ3v) is 4.67. The summed E-state index contributed by atoms with van der Waals surface area (Å²) >= 11 is 0. The highest BCUT2D eigenvalue weighted by Gasteiger charge is 2.30. The van der Waals surface area contributed by atoms with Gasteiger partial charge in [0.05, 0.1) is 0 Å². The van der Waals surface area contributed by atoms with Gasteiger partial charge in [0.15, 0.2) is 0 Å². The van der Waals surface area contributed by atoms with Gasteiger partial charge in [-0.15, -0.1) is 0 Å². The molecule has 3 rings (SSSR count). The molecule has 7 nitrogen and oxygen atoms in total. The molecule has 0 aromatic carbocycles. The lowest BCUT2D eigenvalue weighted by Gasteiger charge is -2.33. The van der Waals surface area contributed by atoms with Crippen molar-refractivity contribution in [3.8, 4) is 0 Å². The van der Waals surface area contributed by atoms with E-state index in [0.717, 1.165) is 63.6 Å². The average Bonchev–Trinajstić information content (AvgIpc) is 3.08. The summed E-state index contributed by atoms with van der Waals surface area (Å²) in [7, 11) is 3.86. The Balaban J connectivity index is 1.63. The number of likely N-dealkylation sites (tertiary alicyclic amines) is 1. The number of carbonyl (C=O) groups is 1. The molecule has 2 aliphatic rings. The first-order chi connectivity index (χ1) is 11.0. The van der Waals surface area contributed by atoms with E-state index in [4.69, 9.17) is 0 Å². The van der Waals surface area contributed by atoms with E-state index in [9.17, 15) is 4.79 Å². The van der Waals surface area contributed by atoms with Crippen LogP contribution >= 0.6 is 0 Å². The van der Waals surface area contributed by atoms with Crippen molar-refractivity contribution >= 4 is 17.8 Å². The molecular weight excluding hydrogens is 292 g/mol. The highest BCUT2D eigenvalue weighted by molar-refractivity contribution is 5.79. The van der Waals surface area contributed by atoms with Crippen molar-refractivity contribution in [3.05, 3.63) is 5.82 Å². The molecule has 0 saturated carbocycles. The average molecular weight is 318 g/mol. The van der Waals surface area contributed by atoms with Crippen molar-refractivity contribution in [2.45, 2.75) is 32.6 Å². The molecule has 0 atom stereocenters. The van der Waals surface area contributed by atoms with Crippen molar-refractivity contribution in [2.24, 2.45) is 5.92 Å². The summed E-state index contributed by atoms with van der Waals surface area (Å²) in [6.45, 7) is 5.44. The second-order valence-electron chi connectivity index (χ2n) is 6.67. The Morgan fingerprint density at radius 1 is 1.04 bits per heavy atom. The summed E-state index contributed by atoms with van der Waals surface area (Å²) in [5, 5.41) is 0. The summed E-state index contributed by atoms with van der Waals surface area (Å²) in [6, 6.07) is 0. The van der Waals surface area contributed by atoms with Crippen LogP contribution in [-0.4, -0.2) is 66.0 Å². The van der Waals surface area contributed by atoms with Gasteiger partial charge in [-0.1, -0.05) is 0 Å². The first-order valence-corrected chi connectivity index (χ1v) is 8.48. The van der Waals surface area contributed by atoms with E-state index in [1.807, 2.05) is 30.8 Å². The molecule has 1 aromatic rings. The minimum atomic E-state index is 0.167. The van der Waals surface area contributed by atoms with Gasteiger partial charge in [-0.25, -0.2) is 0 Å². The topological polar surface area (TPSA) is 65.5 Å². The highest BCUT2D eigenvalue weighted by Crippen LogP contribution is 2.24. The Morgan fingerprint density at radius 2 is 1.70 bits per heavy atom. The van der Waals surface area contributed by atoms with Crippen LogP contribution in [0, 0.1) is 12.8 Å². The van der Waals surface area contributed by atoms with E-state index in [-0.39, 0.29) is 5.92 Å². The van der Waals surface area contributed by atoms with Crippen molar-refractivity contribution in [1.82, 2.24) is 19.9 Å². The molecule has 2 saturated heterocycles. The van der Waals surface area contributed by atoms with Crippen molar-refractivity contribution in [2.75, 3.05) is 50.1 Å². The van der Waals surface area contributed by atoms with Gasteiger partial charge in [0.25, 0.3) is 0 Å². The SMILES string of the molecule is Cc1nc(N(C)C)nc(N2CCC(C(=O)N3CCCC3)CC2)n1. The number of carbonyl (C=O) groups excluding carboxylic acids is 1. The van der Waals surface area contributed by atoms with E-state index in [1.165, 1.54) is 0 Å². The minimum Gasteiger partial charge on any atom is -0.347 e. The van der Waals surface area contributed by atoms with Gasteiger partial charge < -0.3 is 14.7 Å². The van der Waals surface area contributed by atoms with Crippen LogP contribution in [0.2, 0.25) is 0 Å². The van der Waals surface area contributed by atoms with Gasteiger partial charge in [0.2, 0.25) is 17.8 Å². The molecule has 3 heterocycles. The zero-order valence-corrected chi connectivity index (χ0v) is 14.3. The van der Waals surface area contributed by atoms with Crippen LogP contribution < -0.4 is 9.80 Å². The summed E-state index contributed by atoms with van der Waals surface area (Å²) in [5.74, 6) is 2.66. The Kier molecular flexibility index (Phi) is 4.63. The zero-order valence-electron chi connectivity index (χ0n) is 14.3. The third-order valence-electron chi connectivity index (χ3n) is 4.67. The molecule has 0 aliphatic carbocycles. The van der Waals surface area contributed by atoms with Crippen molar-refractivity contribution < 1.29 is 4.79 Å². The fourth-order valence-electron chi connectivity index (χ4n) is 3.32. The molecule has 7 heteroatoms. The van der Waals surface area contributed by atoms with E-state index >= 15 is 0 Å². The maximum absolute atomic E-state index is 12.5. The Morgan fingerprint density at radius 3 is 2.30 bits per heavy atom. The molecule has 2 aliphatic heterocycles. The van der Waals surface area contributed by atoms with Crippen molar-refractivity contribution in [3.63, 3.8) is 0 Å². The molecule has 1 amide bonds. The fraction of sp³-hybridized carbons (Fsp3) is 0.750. The first-order valence-electron chi connectivity index (χ1n) is 8.48. The molecule has 126 valence electrons. The summed E-state index contributed by atoms with van der Waals surface area (Å²) in [5.41, 5.74) is 0. The summed E-state index contributed by atoms with van der Waals surface area (Å²) in [4.78, 5) is 32.0. The van der Waals surface area contributed by atoms with Gasteiger partial charge in [0, 0.05) is 46.2 Å². The maximum Gasteiger partial charge on any atom is 0.230 e. The van der Waals surface area contributed by atoms with Gasteiger partial charge in [-0.3, -0.25) is 4.79 Å². The molecule has 0 radical (unpaired) electrons. The lowest BCUT2D eigenvalue weighted by molar-refractivity contribution is -0.135.